The SMILES string of the molecule is Cc1c(N)cc(Br)cc1C(=O)NCCN1CCOCC1. The van der Waals surface area contributed by atoms with Gasteiger partial charge in [0, 0.05) is 41.9 Å². The number of hydrogen-bond acceptors (Lipinski definition) is 4. The number of carbonyl (C=O) groups excluding carboxylic acids is 1. The maximum Gasteiger partial charge on any atom is 0.251 e. The van der Waals surface area contributed by atoms with Crippen molar-refractivity contribution in [2.45, 2.75) is 6.92 Å². The monoisotopic (exact) mass is 341 g/mol. The second-order valence-electron chi connectivity index (χ2n) is 4.88. The first-order valence-corrected chi connectivity index (χ1v) is 7.51. The van der Waals surface area contributed by atoms with E-state index in [0.717, 1.165) is 42.9 Å². The van der Waals surface area contributed by atoms with E-state index < -0.39 is 0 Å². The lowest BCUT2D eigenvalue weighted by Gasteiger charge is -2.26. The van der Waals surface area contributed by atoms with Gasteiger partial charge in [-0.15, -0.1) is 0 Å². The first-order valence-electron chi connectivity index (χ1n) is 6.72. The topological polar surface area (TPSA) is 67.6 Å². The van der Waals surface area contributed by atoms with Crippen molar-refractivity contribution in [3.63, 3.8) is 0 Å². The highest BCUT2D eigenvalue weighted by Crippen LogP contribution is 2.22. The van der Waals surface area contributed by atoms with Crippen LogP contribution in [0.2, 0.25) is 0 Å². The molecule has 0 unspecified atom stereocenters. The molecule has 0 spiro atoms. The minimum atomic E-state index is -0.0799. The Hall–Kier alpha value is -1.11. The summed E-state index contributed by atoms with van der Waals surface area (Å²) >= 11 is 3.36. The van der Waals surface area contributed by atoms with Gasteiger partial charge in [0.25, 0.3) is 5.91 Å². The second-order valence-corrected chi connectivity index (χ2v) is 5.79. The quantitative estimate of drug-likeness (QED) is 0.812. The molecule has 3 N–H and O–H groups in total. The van der Waals surface area contributed by atoms with Crippen molar-refractivity contribution in [1.82, 2.24) is 10.2 Å². The number of nitrogens with one attached hydrogen (secondary N) is 1. The van der Waals surface area contributed by atoms with Gasteiger partial charge in [-0.25, -0.2) is 0 Å². The van der Waals surface area contributed by atoms with E-state index in [1.807, 2.05) is 6.92 Å². The van der Waals surface area contributed by atoms with Crippen molar-refractivity contribution < 1.29 is 9.53 Å². The summed E-state index contributed by atoms with van der Waals surface area (Å²) in [5.74, 6) is -0.0799. The largest absolute Gasteiger partial charge is 0.398 e. The zero-order valence-electron chi connectivity index (χ0n) is 11.6. The number of ether oxygens (including phenoxy) is 1. The van der Waals surface area contributed by atoms with Crippen LogP contribution in [0, 0.1) is 6.92 Å². The van der Waals surface area contributed by atoms with Crippen LogP contribution in [0.3, 0.4) is 0 Å². The molecule has 1 aromatic rings. The third kappa shape index (κ3) is 3.94. The van der Waals surface area contributed by atoms with E-state index in [9.17, 15) is 4.79 Å². The number of nitrogen functional groups attached to an aromatic ring is 1. The van der Waals surface area contributed by atoms with Gasteiger partial charge in [0.15, 0.2) is 0 Å². The van der Waals surface area contributed by atoms with E-state index in [1.54, 1.807) is 12.1 Å². The first kappa shape index (κ1) is 15.3. The van der Waals surface area contributed by atoms with Crippen molar-refractivity contribution in [1.29, 1.82) is 0 Å². The molecule has 1 aliphatic rings. The fourth-order valence-corrected chi connectivity index (χ4v) is 2.66. The smallest absolute Gasteiger partial charge is 0.251 e. The lowest BCUT2D eigenvalue weighted by molar-refractivity contribution is 0.0383. The molecule has 1 aromatic carbocycles. The third-order valence-corrected chi connectivity index (χ3v) is 3.93. The van der Waals surface area contributed by atoms with Crippen LogP contribution < -0.4 is 11.1 Å². The van der Waals surface area contributed by atoms with E-state index >= 15 is 0 Å². The minimum Gasteiger partial charge on any atom is -0.398 e. The summed E-state index contributed by atoms with van der Waals surface area (Å²) in [7, 11) is 0. The summed E-state index contributed by atoms with van der Waals surface area (Å²) in [5.41, 5.74) is 7.94. The molecule has 1 heterocycles. The van der Waals surface area contributed by atoms with Crippen LogP contribution in [0.5, 0.6) is 0 Å². The molecular weight excluding hydrogens is 322 g/mol. The maximum absolute atomic E-state index is 12.2. The van der Waals surface area contributed by atoms with E-state index in [4.69, 9.17) is 10.5 Å². The summed E-state index contributed by atoms with van der Waals surface area (Å²) in [6, 6.07) is 3.61. The summed E-state index contributed by atoms with van der Waals surface area (Å²) in [5, 5.41) is 2.94. The lowest BCUT2D eigenvalue weighted by Crippen LogP contribution is -2.41. The molecule has 5 nitrogen and oxygen atoms in total. The number of hydrogen-bond donors (Lipinski definition) is 2. The van der Waals surface area contributed by atoms with Gasteiger partial charge in [0.1, 0.15) is 0 Å². The molecule has 0 aliphatic carbocycles. The molecule has 0 saturated carbocycles. The number of amides is 1. The lowest BCUT2D eigenvalue weighted by atomic mass is 10.1. The van der Waals surface area contributed by atoms with Crippen LogP contribution in [-0.2, 0) is 4.74 Å². The number of rotatable bonds is 4. The van der Waals surface area contributed by atoms with Crippen LogP contribution >= 0.6 is 15.9 Å². The van der Waals surface area contributed by atoms with Crippen LogP contribution in [0.1, 0.15) is 15.9 Å². The van der Waals surface area contributed by atoms with E-state index in [0.29, 0.717) is 17.8 Å². The molecular formula is C14H20BrN3O2. The predicted molar refractivity (Wildman–Crippen MR) is 82.9 cm³/mol. The molecule has 2 rings (SSSR count). The van der Waals surface area contributed by atoms with Crippen molar-refractivity contribution in [2.75, 3.05) is 45.1 Å². The normalized spacial score (nSPS) is 16.1. The van der Waals surface area contributed by atoms with Crippen LogP contribution in [0.25, 0.3) is 0 Å². The average molecular weight is 342 g/mol. The number of carbonyl (C=O) groups is 1. The van der Waals surface area contributed by atoms with Gasteiger partial charge >= 0.3 is 0 Å². The Kier molecular flexibility index (Phi) is 5.39. The van der Waals surface area contributed by atoms with Gasteiger partial charge in [-0.1, -0.05) is 15.9 Å². The van der Waals surface area contributed by atoms with Crippen LogP contribution in [0.4, 0.5) is 5.69 Å². The Labute approximate surface area is 127 Å². The molecule has 0 atom stereocenters. The predicted octanol–water partition coefficient (Wildman–Crippen LogP) is 1.40. The number of benzene rings is 1. The van der Waals surface area contributed by atoms with Crippen molar-refractivity contribution in [3.05, 3.63) is 27.7 Å². The Bertz CT molecular complexity index is 488. The summed E-state index contributed by atoms with van der Waals surface area (Å²) in [4.78, 5) is 14.5. The Morgan fingerprint density at radius 2 is 2.15 bits per heavy atom. The first-order chi connectivity index (χ1) is 9.58. The minimum absolute atomic E-state index is 0.0799. The van der Waals surface area contributed by atoms with Gasteiger partial charge in [0.2, 0.25) is 0 Å². The molecule has 1 saturated heterocycles. The number of anilines is 1. The maximum atomic E-state index is 12.2. The van der Waals surface area contributed by atoms with Crippen LogP contribution in [-0.4, -0.2) is 50.2 Å². The molecule has 110 valence electrons. The fourth-order valence-electron chi connectivity index (χ4n) is 2.18. The van der Waals surface area contributed by atoms with Gasteiger partial charge < -0.3 is 15.8 Å². The number of halogens is 1. The second kappa shape index (κ2) is 7.06. The molecule has 1 amide bonds. The van der Waals surface area contributed by atoms with E-state index in [-0.39, 0.29) is 5.91 Å². The van der Waals surface area contributed by atoms with Gasteiger partial charge in [-0.05, 0) is 24.6 Å². The van der Waals surface area contributed by atoms with Gasteiger partial charge in [-0.2, -0.15) is 0 Å². The van der Waals surface area contributed by atoms with Crippen LogP contribution in [0.15, 0.2) is 16.6 Å². The molecule has 0 aromatic heterocycles. The van der Waals surface area contributed by atoms with E-state index in [2.05, 4.69) is 26.1 Å². The molecule has 6 heteroatoms. The molecule has 0 bridgehead atoms. The summed E-state index contributed by atoms with van der Waals surface area (Å²) in [6.07, 6.45) is 0. The highest BCUT2D eigenvalue weighted by molar-refractivity contribution is 9.10. The Morgan fingerprint density at radius 3 is 2.85 bits per heavy atom. The third-order valence-electron chi connectivity index (χ3n) is 3.47. The number of morpholine rings is 1. The molecule has 1 aliphatic heterocycles. The summed E-state index contributed by atoms with van der Waals surface area (Å²) in [6.45, 7) is 6.74. The highest BCUT2D eigenvalue weighted by Gasteiger charge is 2.13. The Morgan fingerprint density at radius 1 is 1.45 bits per heavy atom. The Balaban J connectivity index is 1.88. The van der Waals surface area contributed by atoms with E-state index in [1.165, 1.54) is 0 Å². The van der Waals surface area contributed by atoms with Gasteiger partial charge in [-0.3, -0.25) is 9.69 Å². The molecule has 0 radical (unpaired) electrons. The van der Waals surface area contributed by atoms with Crippen molar-refractivity contribution >= 4 is 27.5 Å². The fraction of sp³-hybridized carbons (Fsp3) is 0.500. The summed E-state index contributed by atoms with van der Waals surface area (Å²) < 4.78 is 6.11. The zero-order valence-corrected chi connectivity index (χ0v) is 13.2. The van der Waals surface area contributed by atoms with Crippen molar-refractivity contribution in [2.24, 2.45) is 0 Å². The van der Waals surface area contributed by atoms with Gasteiger partial charge in [0.05, 0.1) is 13.2 Å². The highest BCUT2D eigenvalue weighted by atomic mass is 79.9. The standard InChI is InChI=1S/C14H20BrN3O2/c1-10-12(8-11(15)9-13(10)16)14(19)17-2-3-18-4-6-20-7-5-18/h8-9H,2-7,16H2,1H3,(H,17,19). The zero-order chi connectivity index (χ0) is 14.5. The number of nitrogens with two attached hydrogens (primary N) is 1. The molecule has 1 fully saturated rings. The average Bonchev–Trinajstić information content (AvgIpc) is 2.44. The van der Waals surface area contributed by atoms with Crippen molar-refractivity contribution in [3.8, 4) is 0 Å². The molecule has 20 heavy (non-hydrogen) atoms. The number of nitrogens with zero attached hydrogens (tertiary/aromatic N) is 1.